The van der Waals surface area contributed by atoms with E-state index in [1.807, 2.05) is 41.4 Å². The van der Waals surface area contributed by atoms with Crippen LogP contribution in [0.15, 0.2) is 64.2 Å². The minimum atomic E-state index is -0.594. The lowest BCUT2D eigenvalue weighted by Gasteiger charge is -2.38. The molecule has 0 spiro atoms. The highest BCUT2D eigenvalue weighted by Gasteiger charge is 2.42. The standard InChI is InChI=1S/C24H20BrClN2O4/c1-30-22-7-3-13(9-23(22)31-2)18-12-19-16-11-15(26)5-8-21(16)32-24(28(19)27-18)17-10-14(25)4-6-20(17)29/h3-11,19,24,29H,12H2,1-2H3/t19-,24-/m0/s1. The minimum Gasteiger partial charge on any atom is -0.507 e. The maximum absolute atomic E-state index is 10.6. The summed E-state index contributed by atoms with van der Waals surface area (Å²) in [5, 5.41) is 18.0. The van der Waals surface area contributed by atoms with Crippen LogP contribution in [-0.2, 0) is 0 Å². The van der Waals surface area contributed by atoms with Gasteiger partial charge in [-0.15, -0.1) is 0 Å². The quantitative estimate of drug-likeness (QED) is 0.457. The lowest BCUT2D eigenvalue weighted by atomic mass is 9.95. The number of hydrogen-bond acceptors (Lipinski definition) is 6. The summed E-state index contributed by atoms with van der Waals surface area (Å²) in [4.78, 5) is 0. The Morgan fingerprint density at radius 3 is 2.62 bits per heavy atom. The van der Waals surface area contributed by atoms with Crippen LogP contribution in [0.2, 0.25) is 5.02 Å². The zero-order chi connectivity index (χ0) is 22.4. The number of aromatic hydroxyl groups is 1. The molecule has 3 aromatic rings. The van der Waals surface area contributed by atoms with Gasteiger partial charge in [-0.2, -0.15) is 5.10 Å². The smallest absolute Gasteiger partial charge is 0.217 e. The number of fused-ring (bicyclic) bond motifs is 3. The Morgan fingerprint density at radius 2 is 1.84 bits per heavy atom. The van der Waals surface area contributed by atoms with Crippen molar-refractivity contribution in [3.63, 3.8) is 0 Å². The summed E-state index contributed by atoms with van der Waals surface area (Å²) in [6.45, 7) is 0. The van der Waals surface area contributed by atoms with Crippen LogP contribution in [0.4, 0.5) is 0 Å². The van der Waals surface area contributed by atoms with Gasteiger partial charge in [0, 0.05) is 27.0 Å². The van der Waals surface area contributed by atoms with Crippen LogP contribution in [0, 0.1) is 0 Å². The summed E-state index contributed by atoms with van der Waals surface area (Å²) >= 11 is 9.80. The zero-order valence-corrected chi connectivity index (χ0v) is 19.7. The number of rotatable bonds is 4. The molecule has 2 heterocycles. The molecule has 2 aliphatic rings. The lowest BCUT2D eigenvalue weighted by Crippen LogP contribution is -2.33. The van der Waals surface area contributed by atoms with Crippen molar-refractivity contribution in [3.05, 3.63) is 80.8 Å². The van der Waals surface area contributed by atoms with Crippen molar-refractivity contribution in [1.82, 2.24) is 5.01 Å². The molecule has 0 saturated carbocycles. The van der Waals surface area contributed by atoms with Crippen molar-refractivity contribution in [3.8, 4) is 23.0 Å². The van der Waals surface area contributed by atoms with Gasteiger partial charge in [-0.3, -0.25) is 0 Å². The maximum atomic E-state index is 10.6. The highest BCUT2D eigenvalue weighted by atomic mass is 79.9. The van der Waals surface area contributed by atoms with Crippen molar-refractivity contribution in [1.29, 1.82) is 0 Å². The summed E-state index contributed by atoms with van der Waals surface area (Å²) in [6.07, 6.45) is 0.0566. The number of benzene rings is 3. The predicted molar refractivity (Wildman–Crippen MR) is 126 cm³/mol. The molecule has 32 heavy (non-hydrogen) atoms. The van der Waals surface area contributed by atoms with E-state index in [2.05, 4.69) is 15.9 Å². The first kappa shape index (κ1) is 21.0. The number of halogens is 2. The minimum absolute atomic E-state index is 0.0936. The van der Waals surface area contributed by atoms with E-state index in [4.69, 9.17) is 30.9 Å². The molecule has 0 unspecified atom stereocenters. The van der Waals surface area contributed by atoms with Crippen molar-refractivity contribution in [2.45, 2.75) is 18.7 Å². The monoisotopic (exact) mass is 514 g/mol. The number of hydrogen-bond donors (Lipinski definition) is 1. The molecule has 6 nitrogen and oxygen atoms in total. The third kappa shape index (κ3) is 3.55. The van der Waals surface area contributed by atoms with Gasteiger partial charge in [0.1, 0.15) is 11.5 Å². The highest BCUT2D eigenvalue weighted by molar-refractivity contribution is 9.10. The Labute approximate surface area is 199 Å². The highest BCUT2D eigenvalue weighted by Crippen LogP contribution is 2.49. The Kier molecular flexibility index (Phi) is 5.39. The van der Waals surface area contributed by atoms with Crippen LogP contribution in [0.3, 0.4) is 0 Å². The zero-order valence-electron chi connectivity index (χ0n) is 17.4. The molecule has 3 aromatic carbocycles. The van der Waals surface area contributed by atoms with E-state index < -0.39 is 6.23 Å². The fourth-order valence-corrected chi connectivity index (χ4v) is 4.74. The number of methoxy groups -OCH3 is 2. The van der Waals surface area contributed by atoms with E-state index in [9.17, 15) is 5.11 Å². The van der Waals surface area contributed by atoms with Gasteiger partial charge < -0.3 is 19.3 Å². The van der Waals surface area contributed by atoms with E-state index in [0.717, 1.165) is 27.1 Å². The average Bonchev–Trinajstić information content (AvgIpc) is 3.25. The summed E-state index contributed by atoms with van der Waals surface area (Å²) in [7, 11) is 3.22. The molecule has 0 fully saturated rings. The van der Waals surface area contributed by atoms with E-state index in [-0.39, 0.29) is 11.8 Å². The molecular formula is C24H20BrClN2O4. The first-order valence-corrected chi connectivity index (χ1v) is 11.2. The SMILES string of the molecule is COc1ccc(C2=NN3[C@@H](C2)c2cc(Cl)ccc2O[C@H]3c2cc(Br)ccc2O)cc1OC. The normalized spacial score (nSPS) is 19.0. The molecule has 2 atom stereocenters. The van der Waals surface area contributed by atoms with Gasteiger partial charge in [0.25, 0.3) is 0 Å². The van der Waals surface area contributed by atoms with Gasteiger partial charge in [-0.25, -0.2) is 5.01 Å². The maximum Gasteiger partial charge on any atom is 0.217 e. The number of phenols is 1. The first-order chi connectivity index (χ1) is 15.5. The Hall–Kier alpha value is -2.90. The van der Waals surface area contributed by atoms with Crippen molar-refractivity contribution in [2.75, 3.05) is 14.2 Å². The van der Waals surface area contributed by atoms with Crippen LogP contribution in [0.25, 0.3) is 0 Å². The number of nitrogens with zero attached hydrogens (tertiary/aromatic N) is 2. The van der Waals surface area contributed by atoms with Gasteiger partial charge in [-0.1, -0.05) is 27.5 Å². The Balaban J connectivity index is 1.61. The van der Waals surface area contributed by atoms with Gasteiger partial charge in [0.15, 0.2) is 11.5 Å². The third-order valence-corrected chi connectivity index (χ3v) is 6.45. The molecule has 8 heteroatoms. The average molecular weight is 516 g/mol. The second-order valence-electron chi connectivity index (χ2n) is 7.57. The molecule has 0 amide bonds. The number of hydrazone groups is 1. The van der Waals surface area contributed by atoms with Crippen molar-refractivity contribution in [2.24, 2.45) is 5.10 Å². The predicted octanol–water partition coefficient (Wildman–Crippen LogP) is 6.07. The topological polar surface area (TPSA) is 63.5 Å². The number of phenolic OH excluding ortho intramolecular Hbond substituents is 1. The van der Waals surface area contributed by atoms with Crippen molar-refractivity contribution < 1.29 is 19.3 Å². The third-order valence-electron chi connectivity index (χ3n) is 5.72. The Bertz CT molecular complexity index is 1230. The molecule has 1 N–H and O–H groups in total. The van der Waals surface area contributed by atoms with Crippen LogP contribution >= 0.6 is 27.5 Å². The second-order valence-corrected chi connectivity index (χ2v) is 8.92. The molecule has 0 saturated heterocycles. The summed E-state index contributed by atoms with van der Waals surface area (Å²) in [5.41, 5.74) is 3.40. The van der Waals surface area contributed by atoms with E-state index in [1.54, 1.807) is 32.4 Å². The van der Waals surface area contributed by atoms with Gasteiger partial charge >= 0.3 is 0 Å². The van der Waals surface area contributed by atoms with E-state index in [1.165, 1.54) is 0 Å². The van der Waals surface area contributed by atoms with Crippen LogP contribution < -0.4 is 14.2 Å². The molecule has 5 rings (SSSR count). The second kappa shape index (κ2) is 8.22. The fraction of sp³-hybridized carbons (Fsp3) is 0.208. The van der Waals surface area contributed by atoms with Gasteiger partial charge in [0.2, 0.25) is 6.23 Å². The summed E-state index contributed by atoms with van der Waals surface area (Å²) < 4.78 is 18.0. The van der Waals surface area contributed by atoms with E-state index >= 15 is 0 Å². The van der Waals surface area contributed by atoms with Crippen LogP contribution in [0.5, 0.6) is 23.0 Å². The molecular weight excluding hydrogens is 496 g/mol. The van der Waals surface area contributed by atoms with Gasteiger partial charge in [0.05, 0.1) is 31.5 Å². The molecule has 0 aliphatic carbocycles. The van der Waals surface area contributed by atoms with Gasteiger partial charge in [-0.05, 0) is 54.6 Å². The molecule has 2 aliphatic heterocycles. The van der Waals surface area contributed by atoms with Crippen molar-refractivity contribution >= 4 is 33.2 Å². The fourth-order valence-electron chi connectivity index (χ4n) is 4.18. The number of ether oxygens (including phenoxy) is 3. The molecule has 0 bridgehead atoms. The largest absolute Gasteiger partial charge is 0.507 e. The van der Waals surface area contributed by atoms with E-state index in [0.29, 0.717) is 28.5 Å². The molecule has 0 radical (unpaired) electrons. The summed E-state index contributed by atoms with van der Waals surface area (Å²) in [6, 6.07) is 16.5. The Morgan fingerprint density at radius 1 is 1.03 bits per heavy atom. The van der Waals surface area contributed by atoms with Crippen LogP contribution in [0.1, 0.15) is 35.4 Å². The molecule has 164 valence electrons. The molecule has 0 aromatic heterocycles. The first-order valence-electron chi connectivity index (χ1n) is 10.0. The van der Waals surface area contributed by atoms with Crippen LogP contribution in [-0.4, -0.2) is 30.0 Å². The summed E-state index contributed by atoms with van der Waals surface area (Å²) in [5.74, 6) is 2.16. The lowest BCUT2D eigenvalue weighted by molar-refractivity contribution is -0.0203.